The molecule has 16 nitrogen and oxygen atoms in total. The van der Waals surface area contributed by atoms with E-state index in [4.69, 9.17) is 57.1 Å². The number of allylic oxidation sites excluding steroid dienone is 3. The maximum absolute atomic E-state index is 12.2. The Kier molecular flexibility index (Phi) is 40.6. The molecule has 13 atom stereocenters. The molecule has 4 N–H and O–H groups in total. The summed E-state index contributed by atoms with van der Waals surface area (Å²) in [5.41, 5.74) is 3.05. The van der Waals surface area contributed by atoms with Gasteiger partial charge in [-0.1, -0.05) is 183 Å². The van der Waals surface area contributed by atoms with E-state index in [0.29, 0.717) is 99.0 Å². The van der Waals surface area contributed by atoms with Crippen molar-refractivity contribution in [2.45, 2.75) is 269 Å². The summed E-state index contributed by atoms with van der Waals surface area (Å²) < 4.78 is 60.5. The molecule has 0 aromatic rings. The average Bonchev–Trinajstić information content (AvgIpc) is 1.26. The molecule has 0 amide bonds. The number of ketones is 3. The van der Waals surface area contributed by atoms with Crippen LogP contribution in [-0.4, -0.2) is 174 Å². The molecule has 600 valence electrons. The van der Waals surface area contributed by atoms with Crippen molar-refractivity contribution >= 4 is 44.0 Å². The molecule has 0 aromatic heterocycles. The van der Waals surface area contributed by atoms with Gasteiger partial charge in [-0.2, -0.15) is 0 Å². The molecular formula is C85H157AlLiN2O14P. The minimum atomic E-state index is -0.437. The first-order chi connectivity index (χ1) is 48.0. The van der Waals surface area contributed by atoms with Crippen LogP contribution in [0.2, 0.25) is 0 Å². The Morgan fingerprint density at radius 1 is 0.538 bits per heavy atom. The number of aliphatic hydroxyl groups excluding tert-OH is 4. The Morgan fingerprint density at radius 3 is 1.46 bits per heavy atom. The van der Waals surface area contributed by atoms with Gasteiger partial charge in [-0.3, -0.25) is 9.59 Å². The molecule has 7 aliphatic heterocycles. The molecule has 0 bridgehead atoms. The summed E-state index contributed by atoms with van der Waals surface area (Å²) in [6.45, 7) is 66.6. The van der Waals surface area contributed by atoms with E-state index in [2.05, 4.69) is 114 Å². The van der Waals surface area contributed by atoms with Crippen molar-refractivity contribution in [3.63, 3.8) is 0 Å². The number of carbonyl (C=O) groups is 3. The third-order valence-corrected chi connectivity index (χ3v) is 25.8. The van der Waals surface area contributed by atoms with E-state index in [-0.39, 0.29) is 144 Å². The molecule has 13 aliphatic rings. The number of aliphatic hydroxyl groups is 4. The minimum Gasteiger partial charge on any atom is -1.00 e. The number of nitrogens with zero attached hydrogens (tertiary/aromatic N) is 2. The Balaban J connectivity index is -0.000000578. The largest absolute Gasteiger partial charge is 1.00 e. The van der Waals surface area contributed by atoms with Crippen LogP contribution in [0.4, 0.5) is 0 Å². The molecule has 7 unspecified atom stereocenters. The molecule has 6 aliphatic carbocycles. The van der Waals surface area contributed by atoms with Crippen LogP contribution in [-0.2, 0) is 47.5 Å². The van der Waals surface area contributed by atoms with E-state index >= 15 is 0 Å². The van der Waals surface area contributed by atoms with Crippen molar-refractivity contribution in [1.29, 1.82) is 0 Å². The zero-order chi connectivity index (χ0) is 78.5. The van der Waals surface area contributed by atoms with Crippen molar-refractivity contribution in [2.24, 2.45) is 88.7 Å². The second kappa shape index (κ2) is 43.1. The molecule has 0 spiro atoms. The second-order valence-corrected chi connectivity index (χ2v) is 35.1. The van der Waals surface area contributed by atoms with Crippen LogP contribution < -0.4 is 18.9 Å². The van der Waals surface area contributed by atoms with E-state index < -0.39 is 5.41 Å². The first-order valence-corrected chi connectivity index (χ1v) is 37.9. The van der Waals surface area contributed by atoms with Crippen LogP contribution >= 0.6 is 9.24 Å². The molecule has 19 heteroatoms. The van der Waals surface area contributed by atoms with Crippen molar-refractivity contribution in [1.82, 2.24) is 0 Å². The monoisotopic (exact) mass is 1500 g/mol. The van der Waals surface area contributed by atoms with Crippen molar-refractivity contribution in [3.05, 3.63) is 69.4 Å². The Morgan fingerprint density at radius 2 is 0.971 bits per heavy atom. The fourth-order valence-corrected chi connectivity index (χ4v) is 19.9. The fraction of sp³-hybridized carbons (Fsp3) is 0.847. The first-order valence-electron chi connectivity index (χ1n) is 39.5. The smallest absolute Gasteiger partial charge is 1.00 e. The van der Waals surface area contributed by atoms with Crippen LogP contribution in [0.15, 0.2) is 46.5 Å². The number of Topliss-reactive ketones (excluding diaryl/α,β-unsaturated/α-hetero) is 3. The summed E-state index contributed by atoms with van der Waals surface area (Å²) in [6, 6.07) is 0. The van der Waals surface area contributed by atoms with Gasteiger partial charge >= 0.3 is 18.9 Å². The van der Waals surface area contributed by atoms with Gasteiger partial charge in [0.1, 0.15) is 17.3 Å². The van der Waals surface area contributed by atoms with Crippen molar-refractivity contribution < 1.29 is 94.0 Å². The van der Waals surface area contributed by atoms with Gasteiger partial charge < -0.3 is 59.8 Å². The fourth-order valence-electron chi connectivity index (χ4n) is 19.9. The molecule has 13 rings (SSSR count). The quantitative estimate of drug-likeness (QED) is 0.0771. The van der Waals surface area contributed by atoms with E-state index in [9.17, 15) is 29.7 Å². The first kappa shape index (κ1) is 98.0. The third-order valence-electron chi connectivity index (χ3n) is 25.8. The molecule has 4 saturated carbocycles. The molecule has 7 heterocycles. The SMILES string of the molecule is C.C.C.C1CCOC1.CC1(C)C(=O)CC[C@]2(C)COCC=C12.CC1(C)C(=O)CC[C@]2(C)COCCC12.CC1(C)C(O)CC[C@]2(C)COCCC12.CC1(C)C2=CCOC[C@@]2(C)CCC1O.CO.[2H]CC.[2H]CP.[2H][2H].[AlH3].[C-]#[N+]C1=C(O)C(C)(C)C2CCOC[C@@]2(C)C1.[C-]#[N+]C1=C[C@]2(C)COCCC2C(C)(C)C1=O.[H-].[Li+]. The van der Waals surface area contributed by atoms with Crippen LogP contribution in [0.5, 0.6) is 0 Å². The summed E-state index contributed by atoms with van der Waals surface area (Å²) in [5, 5.41) is 37.2. The van der Waals surface area contributed by atoms with Gasteiger partial charge in [0.15, 0.2) is 23.1 Å². The number of rotatable bonds is 0. The zero-order valence-electron chi connectivity index (χ0n) is 71.5. The predicted molar refractivity (Wildman–Crippen MR) is 433 cm³/mol. The van der Waals surface area contributed by atoms with Gasteiger partial charge in [-0.15, -0.1) is 9.24 Å². The van der Waals surface area contributed by atoms with Crippen LogP contribution in [0.3, 0.4) is 0 Å². The van der Waals surface area contributed by atoms with Crippen LogP contribution in [0, 0.1) is 102 Å². The third kappa shape index (κ3) is 23.3. The summed E-state index contributed by atoms with van der Waals surface area (Å²) in [6.07, 6.45) is 20.4. The summed E-state index contributed by atoms with van der Waals surface area (Å²) in [4.78, 5) is 42.7. The number of hydrogen-bond donors (Lipinski definition) is 4. The Bertz CT molecular complexity index is 2960. The molecule has 9 fully saturated rings. The van der Waals surface area contributed by atoms with E-state index in [1.807, 2.05) is 47.6 Å². The summed E-state index contributed by atoms with van der Waals surface area (Å²) in [5.74, 6) is 2.94. The number of carbonyl (C=O) groups excluding carboxylic acids is 3. The molecule has 0 radical (unpaired) electrons. The molecule has 5 saturated heterocycles. The Hall–Kier alpha value is -2.09. The summed E-state index contributed by atoms with van der Waals surface area (Å²) >= 11 is 0. The normalized spacial score (nSPS) is 35.6. The van der Waals surface area contributed by atoms with E-state index in [1.165, 1.54) is 24.0 Å². The van der Waals surface area contributed by atoms with Gasteiger partial charge in [-0.25, -0.2) is 9.69 Å². The zero-order valence-corrected chi connectivity index (χ0v) is 67.6. The Labute approximate surface area is 667 Å². The van der Waals surface area contributed by atoms with E-state index in [0.717, 1.165) is 144 Å². The van der Waals surface area contributed by atoms with E-state index in [1.54, 1.807) is 6.92 Å². The number of hydrogen-bond acceptors (Lipinski definition) is 14. The van der Waals surface area contributed by atoms with Gasteiger partial charge in [0.05, 0.1) is 78.2 Å². The predicted octanol–water partition coefficient (Wildman–Crippen LogP) is 14.7. The maximum Gasteiger partial charge on any atom is 1.00 e. The molecule has 0 aromatic carbocycles. The topological polar surface area (TPSA) is 205 Å². The summed E-state index contributed by atoms with van der Waals surface area (Å²) in [7, 11) is 3.25. The second-order valence-electron chi connectivity index (χ2n) is 35.1. The average molecular weight is 1500 g/mol. The van der Waals surface area contributed by atoms with Gasteiger partial charge in [0, 0.05) is 109 Å². The van der Waals surface area contributed by atoms with Gasteiger partial charge in [0.25, 0.3) is 0 Å². The standard InChI is InChI=1S/C13H19NO2.C13H17NO2.C12H22O2.2C12H20O2.C12H18O2.C4H8O.C2H6.CH4O.CH5P.3CH4.Al.Li.H2.4H/c2*1-12(2)10-5-6-16-8-13(10,3)7-9(14-4)11(12)15;4*1-11(2)9-5-7-14-8-12(9,3)6-4-10(11)13;1-2-4-5-3-1;3*1-2;;;;;;;;;;/h10,15H,5-8H2,1-3H3;7,10H,5-6,8H2,1-3H3;9-10,13H,4-8H2,1-3H3;9H,4-8H2,1-3H3;5,10,13H,4,6-8H2,1-3H3;5H,4,6-8H2,1-3H3;1-4H2;1-2H3;2H,1H3;2H2,1H3;3*1H4;;;1H;;;;/q;;;;;;;;;;;;;;+1;;;;;-1/t2*10?,13-;9?,10?,12-;9?,12-;10?,12-;12-;;;;;;;;;;;;;;/m111111............../s1/i;;;;;;;1D;;1D;;;;;;1+1D;;;;. The maximum atomic E-state index is 12.2. The minimum absolute atomic E-state index is 0. The number of fused-ring (bicyclic) bond motifs is 6. The van der Waals surface area contributed by atoms with Crippen LogP contribution in [0.1, 0.15) is 264 Å². The molecular weight excluding hydrogens is 1340 g/mol. The number of ether oxygens (including phenoxy) is 7. The van der Waals surface area contributed by atoms with Gasteiger partial charge in [0.2, 0.25) is 11.4 Å². The van der Waals surface area contributed by atoms with Gasteiger partial charge in [-0.05, 0) is 143 Å². The molecule has 104 heavy (non-hydrogen) atoms. The van der Waals surface area contributed by atoms with Crippen LogP contribution in [0.25, 0.3) is 9.69 Å². The van der Waals surface area contributed by atoms with Crippen molar-refractivity contribution in [3.8, 4) is 0 Å². The van der Waals surface area contributed by atoms with Crippen molar-refractivity contribution in [2.75, 3.05) is 106 Å².